The van der Waals surface area contributed by atoms with E-state index >= 15 is 0 Å². The van der Waals surface area contributed by atoms with Gasteiger partial charge in [-0.3, -0.25) is 0 Å². The van der Waals surface area contributed by atoms with E-state index in [0.29, 0.717) is 24.7 Å². The van der Waals surface area contributed by atoms with Gasteiger partial charge >= 0.3 is 0 Å². The Bertz CT molecular complexity index is 126. The van der Waals surface area contributed by atoms with Crippen LogP contribution in [0, 0.1) is 11.8 Å². The van der Waals surface area contributed by atoms with Crippen LogP contribution < -0.4 is 0 Å². The van der Waals surface area contributed by atoms with E-state index in [1.165, 1.54) is 0 Å². The summed E-state index contributed by atoms with van der Waals surface area (Å²) in [6, 6.07) is 0. The van der Waals surface area contributed by atoms with E-state index in [9.17, 15) is 4.39 Å². The lowest BCUT2D eigenvalue weighted by atomic mass is 9.74. The van der Waals surface area contributed by atoms with Crippen LogP contribution in [-0.2, 0) is 0 Å². The minimum Gasteiger partial charge on any atom is -0.393 e. The summed E-state index contributed by atoms with van der Waals surface area (Å²) >= 11 is 0. The Balaban J connectivity index is 2.00. The van der Waals surface area contributed by atoms with Crippen LogP contribution >= 0.6 is 0 Å². The molecular weight excluding hydrogens is 119 g/mol. The number of alkyl halides is 1. The van der Waals surface area contributed by atoms with Crippen LogP contribution in [0.5, 0.6) is 0 Å². The van der Waals surface area contributed by atoms with E-state index in [-0.39, 0.29) is 6.10 Å². The van der Waals surface area contributed by atoms with Crippen molar-refractivity contribution in [3.63, 3.8) is 0 Å². The molecule has 0 bridgehead atoms. The van der Waals surface area contributed by atoms with Gasteiger partial charge in [0.25, 0.3) is 0 Å². The zero-order chi connectivity index (χ0) is 6.43. The number of fused-ring (bicyclic) bond motifs is 1. The molecule has 4 atom stereocenters. The fourth-order valence-electron chi connectivity index (χ4n) is 2.12. The monoisotopic (exact) mass is 130 g/mol. The predicted molar refractivity (Wildman–Crippen MR) is 31.7 cm³/mol. The maximum Gasteiger partial charge on any atom is 0.101 e. The summed E-state index contributed by atoms with van der Waals surface area (Å²) < 4.78 is 12.5. The average molecular weight is 130 g/mol. The third kappa shape index (κ3) is 0.692. The molecule has 0 heterocycles. The summed E-state index contributed by atoms with van der Waals surface area (Å²) in [5.41, 5.74) is 0. The van der Waals surface area contributed by atoms with Gasteiger partial charge in [-0.2, -0.15) is 0 Å². The summed E-state index contributed by atoms with van der Waals surface area (Å²) in [7, 11) is 0. The molecule has 9 heavy (non-hydrogen) atoms. The van der Waals surface area contributed by atoms with Gasteiger partial charge in [0, 0.05) is 0 Å². The molecule has 2 rings (SSSR count). The third-order valence-electron chi connectivity index (χ3n) is 2.73. The SMILES string of the molecule is OC1C[C@H]2C[C@H](F)C[C@@H]12. The first kappa shape index (κ1) is 5.66. The number of aliphatic hydroxyl groups excluding tert-OH is 1. The Kier molecular flexibility index (Phi) is 1.06. The molecule has 2 heteroatoms. The molecule has 0 aromatic rings. The maximum absolute atomic E-state index is 12.5. The summed E-state index contributed by atoms with van der Waals surface area (Å²) in [5.74, 6) is 0.843. The van der Waals surface area contributed by atoms with E-state index in [4.69, 9.17) is 5.11 Å². The Morgan fingerprint density at radius 3 is 2.44 bits per heavy atom. The Labute approximate surface area is 53.9 Å². The first-order valence-corrected chi connectivity index (χ1v) is 3.59. The molecule has 2 fully saturated rings. The molecule has 0 amide bonds. The smallest absolute Gasteiger partial charge is 0.101 e. The predicted octanol–water partition coefficient (Wildman–Crippen LogP) is 1.12. The van der Waals surface area contributed by atoms with Gasteiger partial charge in [-0.15, -0.1) is 0 Å². The first-order valence-electron chi connectivity index (χ1n) is 3.59. The van der Waals surface area contributed by atoms with Gasteiger partial charge in [-0.1, -0.05) is 0 Å². The molecule has 1 N–H and O–H groups in total. The van der Waals surface area contributed by atoms with E-state index < -0.39 is 6.17 Å². The largest absolute Gasteiger partial charge is 0.393 e. The van der Waals surface area contributed by atoms with E-state index in [1.807, 2.05) is 0 Å². The van der Waals surface area contributed by atoms with Gasteiger partial charge in [0.05, 0.1) is 6.10 Å². The summed E-state index contributed by atoms with van der Waals surface area (Å²) in [4.78, 5) is 0. The first-order chi connectivity index (χ1) is 4.27. The van der Waals surface area contributed by atoms with E-state index in [1.54, 1.807) is 0 Å². The molecule has 0 aliphatic heterocycles. The molecule has 2 saturated carbocycles. The Morgan fingerprint density at radius 1 is 1.22 bits per heavy atom. The lowest BCUT2D eigenvalue weighted by molar-refractivity contribution is -0.0147. The van der Waals surface area contributed by atoms with Gasteiger partial charge < -0.3 is 5.11 Å². The molecule has 0 spiro atoms. The zero-order valence-electron chi connectivity index (χ0n) is 5.26. The van der Waals surface area contributed by atoms with Crippen molar-refractivity contribution in [1.82, 2.24) is 0 Å². The van der Waals surface area contributed by atoms with Crippen molar-refractivity contribution in [3.05, 3.63) is 0 Å². The van der Waals surface area contributed by atoms with Gasteiger partial charge in [-0.25, -0.2) is 4.39 Å². The Morgan fingerprint density at radius 2 is 2.00 bits per heavy atom. The highest BCUT2D eigenvalue weighted by Gasteiger charge is 2.46. The highest BCUT2D eigenvalue weighted by atomic mass is 19.1. The van der Waals surface area contributed by atoms with Gasteiger partial charge in [0.2, 0.25) is 0 Å². The fraction of sp³-hybridized carbons (Fsp3) is 1.00. The molecule has 0 aromatic carbocycles. The quantitative estimate of drug-likeness (QED) is 0.521. The van der Waals surface area contributed by atoms with Crippen LogP contribution in [0.4, 0.5) is 4.39 Å². The van der Waals surface area contributed by atoms with Crippen molar-refractivity contribution in [2.75, 3.05) is 0 Å². The second-order valence-corrected chi connectivity index (χ2v) is 3.30. The lowest BCUT2D eigenvalue weighted by Crippen LogP contribution is -2.37. The van der Waals surface area contributed by atoms with Crippen LogP contribution in [0.25, 0.3) is 0 Å². The number of aliphatic hydroxyl groups is 1. The van der Waals surface area contributed by atoms with Gasteiger partial charge in [0.1, 0.15) is 6.17 Å². The molecule has 1 nitrogen and oxygen atoms in total. The van der Waals surface area contributed by atoms with Crippen LogP contribution in [0.1, 0.15) is 19.3 Å². The third-order valence-corrected chi connectivity index (χ3v) is 2.73. The van der Waals surface area contributed by atoms with Crippen molar-refractivity contribution in [1.29, 1.82) is 0 Å². The Hall–Kier alpha value is -0.110. The summed E-state index contributed by atoms with van der Waals surface area (Å²) in [6.07, 6.45) is 1.39. The average Bonchev–Trinajstić information content (AvgIpc) is 2.08. The minimum atomic E-state index is -0.614. The number of hydrogen-bond acceptors (Lipinski definition) is 1. The van der Waals surface area contributed by atoms with Gasteiger partial charge in [-0.05, 0) is 31.1 Å². The highest BCUT2D eigenvalue weighted by molar-refractivity contribution is 4.96. The molecule has 0 radical (unpaired) electrons. The zero-order valence-corrected chi connectivity index (χ0v) is 5.26. The topological polar surface area (TPSA) is 20.2 Å². The number of rotatable bonds is 0. The molecule has 2 aliphatic carbocycles. The second-order valence-electron chi connectivity index (χ2n) is 3.30. The van der Waals surface area contributed by atoms with Gasteiger partial charge in [0.15, 0.2) is 0 Å². The molecule has 52 valence electrons. The van der Waals surface area contributed by atoms with E-state index in [2.05, 4.69) is 0 Å². The van der Waals surface area contributed by atoms with Crippen molar-refractivity contribution in [2.45, 2.75) is 31.5 Å². The maximum atomic E-state index is 12.5. The fourth-order valence-corrected chi connectivity index (χ4v) is 2.12. The summed E-state index contributed by atoms with van der Waals surface area (Å²) in [5, 5.41) is 9.07. The van der Waals surface area contributed by atoms with Crippen molar-refractivity contribution >= 4 is 0 Å². The highest BCUT2D eigenvalue weighted by Crippen LogP contribution is 2.47. The standard InChI is InChI=1S/C7H11FO/c8-5-1-4-2-7(9)6(4)3-5/h4-7,9H,1-3H2/t4-,5+,6-,7?/m1/s1. The van der Waals surface area contributed by atoms with E-state index in [0.717, 1.165) is 6.42 Å². The minimum absolute atomic E-state index is 0.171. The normalized spacial score (nSPS) is 56.7. The lowest BCUT2D eigenvalue weighted by Gasteiger charge is -2.35. The molecule has 2 aliphatic rings. The van der Waals surface area contributed by atoms with Crippen molar-refractivity contribution < 1.29 is 9.50 Å². The molecule has 1 unspecified atom stereocenters. The summed E-state index contributed by atoms with van der Waals surface area (Å²) in [6.45, 7) is 0. The van der Waals surface area contributed by atoms with Crippen LogP contribution in [0.3, 0.4) is 0 Å². The van der Waals surface area contributed by atoms with Crippen LogP contribution in [0.2, 0.25) is 0 Å². The second kappa shape index (κ2) is 1.69. The van der Waals surface area contributed by atoms with Crippen molar-refractivity contribution in [3.8, 4) is 0 Å². The molecule has 0 saturated heterocycles. The van der Waals surface area contributed by atoms with Crippen LogP contribution in [-0.4, -0.2) is 17.4 Å². The number of halogens is 1. The van der Waals surface area contributed by atoms with Crippen LogP contribution in [0.15, 0.2) is 0 Å². The number of hydrogen-bond donors (Lipinski definition) is 1. The molecular formula is C7H11FO. The van der Waals surface area contributed by atoms with Crippen molar-refractivity contribution in [2.24, 2.45) is 11.8 Å². The molecule has 0 aromatic heterocycles.